The van der Waals surface area contributed by atoms with Crippen LogP contribution in [0.15, 0.2) is 64.5 Å². The number of rotatable bonds is 13. The van der Waals surface area contributed by atoms with Gasteiger partial charge in [-0.15, -0.1) is 0 Å². The third-order valence-corrected chi connectivity index (χ3v) is 8.78. The summed E-state index contributed by atoms with van der Waals surface area (Å²) < 4.78 is 20.3. The molecule has 0 saturated heterocycles. The van der Waals surface area contributed by atoms with Crippen molar-refractivity contribution in [1.82, 2.24) is 19.8 Å². The maximum absolute atomic E-state index is 13.7. The van der Waals surface area contributed by atoms with Gasteiger partial charge in [0.25, 0.3) is 5.56 Å². The Morgan fingerprint density at radius 1 is 1.05 bits per heavy atom. The smallest absolute Gasteiger partial charge is 0.264 e. The first-order chi connectivity index (χ1) is 19.6. The first-order valence-electron chi connectivity index (χ1n) is 14.3. The van der Waals surface area contributed by atoms with Crippen LogP contribution >= 0.6 is 11.8 Å². The fourth-order valence-electron chi connectivity index (χ4n) is 4.92. The number of carbonyl (C=O) groups is 1. The number of halogens is 1. The highest BCUT2D eigenvalue weighted by Crippen LogP contribution is 2.36. The van der Waals surface area contributed by atoms with Crippen LogP contribution in [0.25, 0.3) is 5.69 Å². The first kappa shape index (κ1) is 28.4. The molecule has 2 aliphatic rings. The van der Waals surface area contributed by atoms with E-state index < -0.39 is 0 Å². The zero-order valence-corrected chi connectivity index (χ0v) is 23.6. The first-order valence-corrected chi connectivity index (χ1v) is 15.2. The normalized spacial score (nSPS) is 15.0. The van der Waals surface area contributed by atoms with Crippen LogP contribution in [0.4, 0.5) is 4.39 Å². The molecular formula is C31H37FN4O3S. The van der Waals surface area contributed by atoms with Crippen LogP contribution in [0.1, 0.15) is 56.2 Å². The molecule has 1 fully saturated rings. The van der Waals surface area contributed by atoms with Crippen LogP contribution in [-0.2, 0) is 17.8 Å². The van der Waals surface area contributed by atoms with Crippen LogP contribution in [0.5, 0.6) is 5.75 Å². The molecule has 0 bridgehead atoms. The lowest BCUT2D eigenvalue weighted by atomic mass is 10.0. The third kappa shape index (κ3) is 7.31. The molecule has 2 aromatic carbocycles. The molecule has 212 valence electrons. The number of aromatic nitrogens is 2. The van der Waals surface area contributed by atoms with E-state index in [2.05, 4.69) is 5.32 Å². The van der Waals surface area contributed by atoms with Gasteiger partial charge in [0, 0.05) is 31.2 Å². The Hall–Kier alpha value is -3.17. The van der Waals surface area contributed by atoms with E-state index in [1.54, 1.807) is 33.4 Å². The summed E-state index contributed by atoms with van der Waals surface area (Å²) in [6, 6.07) is 15.8. The second kappa shape index (κ2) is 13.9. The quantitative estimate of drug-likeness (QED) is 0.229. The Morgan fingerprint density at radius 3 is 2.60 bits per heavy atom. The molecule has 0 atom stereocenters. The summed E-state index contributed by atoms with van der Waals surface area (Å²) in [5.74, 6) is 0.475. The minimum absolute atomic E-state index is 0.0583. The molecule has 0 radical (unpaired) electrons. The van der Waals surface area contributed by atoms with E-state index >= 15 is 0 Å². The fourth-order valence-corrected chi connectivity index (χ4v) is 6.24. The van der Waals surface area contributed by atoms with Crippen LogP contribution < -0.4 is 15.6 Å². The lowest BCUT2D eigenvalue weighted by molar-refractivity contribution is -0.132. The number of amides is 1. The minimum Gasteiger partial charge on any atom is -0.494 e. The number of hydrogen-bond acceptors (Lipinski definition) is 6. The van der Waals surface area contributed by atoms with Gasteiger partial charge in [-0.25, -0.2) is 9.37 Å². The third-order valence-electron chi connectivity index (χ3n) is 7.49. The van der Waals surface area contributed by atoms with Crippen molar-refractivity contribution in [3.63, 3.8) is 0 Å². The van der Waals surface area contributed by atoms with Crippen molar-refractivity contribution < 1.29 is 13.9 Å². The summed E-state index contributed by atoms with van der Waals surface area (Å²) in [6.07, 6.45) is 7.48. The predicted octanol–water partition coefficient (Wildman–Crippen LogP) is 5.13. The molecule has 1 aliphatic carbocycles. The summed E-state index contributed by atoms with van der Waals surface area (Å²) in [6.45, 7) is 2.95. The number of hydrogen-bond donors (Lipinski definition) is 1. The van der Waals surface area contributed by atoms with Gasteiger partial charge >= 0.3 is 0 Å². The number of para-hydroxylation sites is 1. The van der Waals surface area contributed by atoms with Gasteiger partial charge in [0.15, 0.2) is 5.16 Å². The highest BCUT2D eigenvalue weighted by Gasteiger charge is 2.28. The highest BCUT2D eigenvalue weighted by molar-refractivity contribution is 7.99. The fraction of sp³-hybridized carbons (Fsp3) is 0.452. The van der Waals surface area contributed by atoms with E-state index in [0.717, 1.165) is 55.2 Å². The van der Waals surface area contributed by atoms with Crippen molar-refractivity contribution in [2.45, 2.75) is 68.3 Å². The SMILES string of the molecule is O=C(CCNCCCCCOc1ccc(F)cc1)N1CCc2nc(SC3CCC3)n(-c3ccccc3)c(=O)c2C1. The van der Waals surface area contributed by atoms with Gasteiger partial charge in [-0.05, 0) is 75.0 Å². The lowest BCUT2D eigenvalue weighted by Crippen LogP contribution is -2.42. The Labute approximate surface area is 239 Å². The highest BCUT2D eigenvalue weighted by atomic mass is 32.2. The van der Waals surface area contributed by atoms with Crippen molar-refractivity contribution in [3.8, 4) is 11.4 Å². The van der Waals surface area contributed by atoms with Gasteiger partial charge in [0.2, 0.25) is 5.91 Å². The van der Waals surface area contributed by atoms with Crippen molar-refractivity contribution in [3.05, 3.63) is 82.0 Å². The molecule has 2 heterocycles. The van der Waals surface area contributed by atoms with E-state index in [4.69, 9.17) is 9.72 Å². The van der Waals surface area contributed by atoms with Gasteiger partial charge in [0.1, 0.15) is 11.6 Å². The number of nitrogens with zero attached hydrogens (tertiary/aromatic N) is 3. The summed E-state index contributed by atoms with van der Waals surface area (Å²) >= 11 is 1.71. The van der Waals surface area contributed by atoms with Crippen molar-refractivity contribution in [2.75, 3.05) is 26.2 Å². The van der Waals surface area contributed by atoms with Crippen LogP contribution in [0.2, 0.25) is 0 Å². The van der Waals surface area contributed by atoms with Crippen LogP contribution in [0, 0.1) is 5.82 Å². The van der Waals surface area contributed by atoms with E-state index in [0.29, 0.717) is 55.6 Å². The molecule has 1 aliphatic heterocycles. The average molecular weight is 565 g/mol. The Bertz CT molecular complexity index is 1330. The van der Waals surface area contributed by atoms with Gasteiger partial charge in [-0.1, -0.05) is 36.4 Å². The number of nitrogens with one attached hydrogen (secondary N) is 1. The Balaban J connectivity index is 1.08. The molecule has 0 spiro atoms. The number of thioether (sulfide) groups is 1. The van der Waals surface area contributed by atoms with E-state index in [1.807, 2.05) is 30.3 Å². The standard InChI is InChI=1S/C31H37FN4O3S/c32-23-12-14-25(15-13-23)39-21-6-2-5-18-33-19-16-29(37)35-20-17-28-27(22-35)30(38)36(24-8-3-1-4-9-24)31(34-28)40-26-10-7-11-26/h1,3-4,8-9,12-15,26,33H,2,5-7,10-11,16-22H2. The second-order valence-corrected chi connectivity index (χ2v) is 11.7. The number of unbranched alkanes of at least 4 members (excludes halogenated alkanes) is 2. The summed E-state index contributed by atoms with van der Waals surface area (Å²) in [7, 11) is 0. The summed E-state index contributed by atoms with van der Waals surface area (Å²) in [4.78, 5) is 33.5. The number of carbonyl (C=O) groups excluding carboxylic acids is 1. The lowest BCUT2D eigenvalue weighted by Gasteiger charge is -2.30. The molecule has 9 heteroatoms. The number of ether oxygens (including phenoxy) is 1. The van der Waals surface area contributed by atoms with Crippen molar-refractivity contribution in [2.24, 2.45) is 0 Å². The van der Waals surface area contributed by atoms with Crippen molar-refractivity contribution >= 4 is 17.7 Å². The number of benzene rings is 2. The van der Waals surface area contributed by atoms with Crippen LogP contribution in [0.3, 0.4) is 0 Å². The molecule has 1 saturated carbocycles. The molecule has 3 aromatic rings. The maximum Gasteiger partial charge on any atom is 0.264 e. The van der Waals surface area contributed by atoms with Crippen molar-refractivity contribution in [1.29, 1.82) is 0 Å². The molecule has 1 amide bonds. The summed E-state index contributed by atoms with van der Waals surface area (Å²) in [5.41, 5.74) is 2.23. The van der Waals surface area contributed by atoms with Gasteiger partial charge in [0.05, 0.1) is 30.1 Å². The molecule has 0 unspecified atom stereocenters. The molecular weight excluding hydrogens is 527 g/mol. The van der Waals surface area contributed by atoms with Gasteiger partial charge in [-0.2, -0.15) is 0 Å². The zero-order chi connectivity index (χ0) is 27.7. The van der Waals surface area contributed by atoms with E-state index in [1.165, 1.54) is 18.6 Å². The molecule has 7 nitrogen and oxygen atoms in total. The minimum atomic E-state index is -0.266. The monoisotopic (exact) mass is 564 g/mol. The Morgan fingerprint density at radius 2 is 1.85 bits per heavy atom. The topological polar surface area (TPSA) is 76.5 Å². The molecule has 1 N–H and O–H groups in total. The average Bonchev–Trinajstić information content (AvgIpc) is 2.95. The van der Waals surface area contributed by atoms with E-state index in [9.17, 15) is 14.0 Å². The maximum atomic E-state index is 13.7. The molecule has 40 heavy (non-hydrogen) atoms. The number of fused-ring (bicyclic) bond motifs is 1. The predicted molar refractivity (Wildman–Crippen MR) is 156 cm³/mol. The zero-order valence-electron chi connectivity index (χ0n) is 22.8. The van der Waals surface area contributed by atoms with Gasteiger partial charge in [-0.3, -0.25) is 14.2 Å². The molecule has 5 rings (SSSR count). The summed E-state index contributed by atoms with van der Waals surface area (Å²) in [5, 5.41) is 4.64. The Kier molecular flexibility index (Phi) is 9.89. The second-order valence-electron chi connectivity index (χ2n) is 10.4. The largest absolute Gasteiger partial charge is 0.494 e. The van der Waals surface area contributed by atoms with E-state index in [-0.39, 0.29) is 17.3 Å². The molecule has 1 aromatic heterocycles. The van der Waals surface area contributed by atoms with Gasteiger partial charge < -0.3 is 15.0 Å². The van der Waals surface area contributed by atoms with Crippen LogP contribution in [-0.4, -0.2) is 51.8 Å².